The van der Waals surface area contributed by atoms with E-state index >= 15 is 0 Å². The number of nitrogens with zero attached hydrogens (tertiary/aromatic N) is 1. The molecule has 4 nitrogen and oxygen atoms in total. The lowest BCUT2D eigenvalue weighted by Gasteiger charge is -2.45. The van der Waals surface area contributed by atoms with Crippen molar-refractivity contribution >= 4 is 16.7 Å². The molecule has 3 heterocycles. The van der Waals surface area contributed by atoms with Crippen molar-refractivity contribution in [2.75, 3.05) is 26.2 Å². The summed E-state index contributed by atoms with van der Waals surface area (Å²) in [4.78, 5) is 18.1. The van der Waals surface area contributed by atoms with E-state index in [1.165, 1.54) is 11.3 Å². The molecular formula is C21H28FN3O. The highest BCUT2D eigenvalue weighted by molar-refractivity contribution is 5.86. The summed E-state index contributed by atoms with van der Waals surface area (Å²) in [5, 5.41) is 4.88. The van der Waals surface area contributed by atoms with Gasteiger partial charge in [-0.15, -0.1) is 0 Å². The molecule has 0 amide bonds. The van der Waals surface area contributed by atoms with E-state index in [1.807, 2.05) is 26.8 Å². The van der Waals surface area contributed by atoms with Crippen LogP contribution in [0.25, 0.3) is 10.9 Å². The molecule has 1 aromatic carbocycles. The summed E-state index contributed by atoms with van der Waals surface area (Å²) >= 11 is 0. The first-order valence-electron chi connectivity index (χ1n) is 9.60. The van der Waals surface area contributed by atoms with Crippen LogP contribution in [0.3, 0.4) is 0 Å². The Balaban J connectivity index is 1.57. The van der Waals surface area contributed by atoms with Crippen molar-refractivity contribution in [2.45, 2.75) is 45.6 Å². The van der Waals surface area contributed by atoms with E-state index in [1.54, 1.807) is 12.1 Å². The summed E-state index contributed by atoms with van der Waals surface area (Å²) in [7, 11) is 0. The number of aromatic nitrogens is 1. The number of rotatable bonds is 2. The van der Waals surface area contributed by atoms with Crippen molar-refractivity contribution in [1.29, 1.82) is 0 Å². The molecule has 1 spiro atoms. The Kier molecular flexibility index (Phi) is 4.20. The Bertz CT molecular complexity index is 841. The van der Waals surface area contributed by atoms with E-state index in [0.717, 1.165) is 49.8 Å². The number of H-pyrrole nitrogens is 1. The lowest BCUT2D eigenvalue weighted by molar-refractivity contribution is -0.128. The zero-order valence-corrected chi connectivity index (χ0v) is 15.9. The van der Waals surface area contributed by atoms with Gasteiger partial charge in [0.2, 0.25) is 0 Å². The number of halogens is 1. The van der Waals surface area contributed by atoms with Crippen LogP contribution in [-0.2, 0) is 16.8 Å². The zero-order chi connectivity index (χ0) is 18.5. The minimum atomic E-state index is -0.285. The summed E-state index contributed by atoms with van der Waals surface area (Å²) in [5.41, 5.74) is 3.09. The molecule has 140 valence electrons. The smallest absolute Gasteiger partial charge is 0.152 e. The van der Waals surface area contributed by atoms with E-state index in [4.69, 9.17) is 0 Å². The number of carbonyl (C=O) groups excluding carboxylic acids is 1. The molecule has 1 fully saturated rings. The van der Waals surface area contributed by atoms with Crippen LogP contribution in [0.1, 0.15) is 44.9 Å². The third kappa shape index (κ3) is 2.97. The molecule has 0 radical (unpaired) electrons. The maximum absolute atomic E-state index is 13.6. The number of aromatic amines is 1. The van der Waals surface area contributed by atoms with Crippen LogP contribution in [0.4, 0.5) is 4.39 Å². The highest BCUT2D eigenvalue weighted by atomic mass is 19.1. The van der Waals surface area contributed by atoms with E-state index in [2.05, 4.69) is 15.2 Å². The van der Waals surface area contributed by atoms with Gasteiger partial charge < -0.3 is 10.3 Å². The summed E-state index contributed by atoms with van der Waals surface area (Å²) in [6, 6.07) is 5.04. The number of likely N-dealkylation sites (tertiary alicyclic amines) is 1. The third-order valence-corrected chi connectivity index (χ3v) is 6.10. The fraction of sp³-hybridized carbons (Fsp3) is 0.571. The average molecular weight is 357 g/mol. The molecule has 2 aliphatic rings. The number of Topliss-reactive ketones (excluding diaryl/α,β-unsaturated/α-hetero) is 1. The normalized spacial score (nSPS) is 20.5. The molecule has 2 aliphatic heterocycles. The molecule has 5 heteroatoms. The Morgan fingerprint density at radius 3 is 2.69 bits per heavy atom. The van der Waals surface area contributed by atoms with Crippen LogP contribution in [0, 0.1) is 11.2 Å². The fourth-order valence-corrected chi connectivity index (χ4v) is 4.37. The minimum Gasteiger partial charge on any atom is -0.357 e. The highest BCUT2D eigenvalue weighted by Crippen LogP contribution is 2.40. The second-order valence-corrected chi connectivity index (χ2v) is 8.88. The molecule has 1 saturated heterocycles. The Labute approximate surface area is 154 Å². The summed E-state index contributed by atoms with van der Waals surface area (Å²) in [6.07, 6.45) is 2.90. The maximum atomic E-state index is 13.6. The molecular weight excluding hydrogens is 329 g/mol. The second kappa shape index (κ2) is 6.17. The molecule has 0 aliphatic carbocycles. The minimum absolute atomic E-state index is 0.0790. The fourth-order valence-electron chi connectivity index (χ4n) is 4.37. The van der Waals surface area contributed by atoms with Crippen LogP contribution >= 0.6 is 0 Å². The van der Waals surface area contributed by atoms with Gasteiger partial charge in [-0.3, -0.25) is 9.69 Å². The van der Waals surface area contributed by atoms with Crippen molar-refractivity contribution in [3.8, 4) is 0 Å². The summed E-state index contributed by atoms with van der Waals surface area (Å²) in [5.74, 6) is 0.0976. The topological polar surface area (TPSA) is 48.1 Å². The second-order valence-electron chi connectivity index (χ2n) is 8.88. The molecule has 2 N–H and O–H groups in total. The summed E-state index contributed by atoms with van der Waals surface area (Å²) < 4.78 is 13.6. The van der Waals surface area contributed by atoms with Crippen molar-refractivity contribution in [1.82, 2.24) is 15.2 Å². The van der Waals surface area contributed by atoms with Gasteiger partial charge in [-0.05, 0) is 43.0 Å². The molecule has 26 heavy (non-hydrogen) atoms. The van der Waals surface area contributed by atoms with Gasteiger partial charge in [0.15, 0.2) is 5.78 Å². The van der Waals surface area contributed by atoms with Gasteiger partial charge in [-0.25, -0.2) is 4.39 Å². The molecule has 0 bridgehead atoms. The van der Waals surface area contributed by atoms with Gasteiger partial charge in [-0.2, -0.15) is 0 Å². The summed E-state index contributed by atoms with van der Waals surface area (Å²) in [6.45, 7) is 9.23. The first-order valence-corrected chi connectivity index (χ1v) is 9.60. The van der Waals surface area contributed by atoms with Crippen LogP contribution < -0.4 is 5.32 Å². The highest BCUT2D eigenvalue weighted by Gasteiger charge is 2.41. The number of nitrogens with one attached hydrogen (secondary N) is 2. The van der Waals surface area contributed by atoms with Crippen molar-refractivity contribution in [2.24, 2.45) is 5.41 Å². The van der Waals surface area contributed by atoms with E-state index in [0.29, 0.717) is 12.3 Å². The van der Waals surface area contributed by atoms with E-state index in [-0.39, 0.29) is 16.8 Å². The average Bonchev–Trinajstić information content (AvgIpc) is 2.95. The molecule has 0 unspecified atom stereocenters. The molecule has 2 aromatic rings. The van der Waals surface area contributed by atoms with Gasteiger partial charge in [0.25, 0.3) is 0 Å². The van der Waals surface area contributed by atoms with Crippen LogP contribution in [0.5, 0.6) is 0 Å². The predicted octanol–water partition coefficient (Wildman–Crippen LogP) is 3.36. The van der Waals surface area contributed by atoms with Crippen molar-refractivity contribution < 1.29 is 9.18 Å². The monoisotopic (exact) mass is 357 g/mol. The number of hydrogen-bond donors (Lipinski definition) is 2. The largest absolute Gasteiger partial charge is 0.357 e. The van der Waals surface area contributed by atoms with Gasteiger partial charge in [0.1, 0.15) is 5.82 Å². The lowest BCUT2D eigenvalue weighted by atomic mass is 9.79. The molecule has 1 aromatic heterocycles. The van der Waals surface area contributed by atoms with Crippen molar-refractivity contribution in [3.05, 3.63) is 35.3 Å². The maximum Gasteiger partial charge on any atom is 0.152 e. The van der Waals surface area contributed by atoms with E-state index in [9.17, 15) is 9.18 Å². The van der Waals surface area contributed by atoms with Crippen LogP contribution in [0.15, 0.2) is 18.2 Å². The number of fused-ring (bicyclic) bond motifs is 4. The standard InChI is InChI=1S/C21H28FN3O/c1-20(2,3)18(26)13-25-10-7-21(8-11-25)19-16(6-9-23-21)15-5-4-14(22)12-17(15)24-19/h4-5,12,23-24H,6-11,13H2,1-3H3. The molecule has 0 saturated carbocycles. The van der Waals surface area contributed by atoms with Gasteiger partial charge in [-0.1, -0.05) is 20.8 Å². The lowest BCUT2D eigenvalue weighted by Crippen LogP contribution is -2.55. The van der Waals surface area contributed by atoms with Gasteiger partial charge in [0.05, 0.1) is 12.1 Å². The quantitative estimate of drug-likeness (QED) is 0.866. The Hall–Kier alpha value is -1.72. The SMILES string of the molecule is CC(C)(C)C(=O)CN1CCC2(CC1)NCCc1c2[nH]c2cc(F)ccc12. The van der Waals surface area contributed by atoms with Gasteiger partial charge >= 0.3 is 0 Å². The van der Waals surface area contributed by atoms with Crippen LogP contribution in [0.2, 0.25) is 0 Å². The number of carbonyl (C=O) groups is 1. The number of ketones is 1. The third-order valence-electron chi connectivity index (χ3n) is 6.10. The van der Waals surface area contributed by atoms with Crippen molar-refractivity contribution in [3.63, 3.8) is 0 Å². The predicted molar refractivity (Wildman–Crippen MR) is 102 cm³/mol. The number of hydrogen-bond acceptors (Lipinski definition) is 3. The van der Waals surface area contributed by atoms with E-state index < -0.39 is 0 Å². The van der Waals surface area contributed by atoms with Gasteiger partial charge in [0, 0.05) is 41.6 Å². The number of piperidine rings is 1. The zero-order valence-electron chi connectivity index (χ0n) is 15.9. The first kappa shape index (κ1) is 17.7. The molecule has 4 rings (SSSR count). The number of benzene rings is 1. The Morgan fingerprint density at radius 1 is 1.27 bits per heavy atom. The Morgan fingerprint density at radius 2 is 2.00 bits per heavy atom. The first-order chi connectivity index (χ1) is 12.3. The molecule has 0 atom stereocenters. The van der Waals surface area contributed by atoms with Crippen LogP contribution in [-0.4, -0.2) is 41.8 Å².